The summed E-state index contributed by atoms with van der Waals surface area (Å²) in [6.07, 6.45) is 3.37. The summed E-state index contributed by atoms with van der Waals surface area (Å²) in [7, 11) is 0. The molecule has 0 bridgehead atoms. The monoisotopic (exact) mass is 251 g/mol. The molecule has 1 aromatic rings. The van der Waals surface area contributed by atoms with Crippen LogP contribution >= 0.6 is 0 Å². The zero-order valence-corrected chi connectivity index (χ0v) is 10.2. The van der Waals surface area contributed by atoms with E-state index in [0.717, 1.165) is 44.8 Å². The van der Waals surface area contributed by atoms with Crippen LogP contribution in [0.25, 0.3) is 0 Å². The van der Waals surface area contributed by atoms with Crippen molar-refractivity contribution in [1.82, 2.24) is 14.8 Å². The summed E-state index contributed by atoms with van der Waals surface area (Å²) >= 11 is 0. The number of hydrogen-bond acceptors (Lipinski definition) is 4. The largest absolute Gasteiger partial charge is 0.481 e. The molecule has 2 unspecified atom stereocenters. The molecule has 3 rings (SSSR count). The Labute approximate surface area is 105 Å². The highest BCUT2D eigenvalue weighted by Crippen LogP contribution is 2.26. The highest BCUT2D eigenvalue weighted by Gasteiger charge is 2.30. The molecule has 2 aliphatic heterocycles. The lowest BCUT2D eigenvalue weighted by atomic mass is 9.99. The molecule has 2 aliphatic rings. The van der Waals surface area contributed by atoms with Gasteiger partial charge in [-0.1, -0.05) is 0 Å². The molecule has 3 heterocycles. The average Bonchev–Trinajstić information content (AvgIpc) is 2.96. The Hall–Kier alpha value is -1.43. The standard InChI is InChI=1S/C12H17N3O3/c16-12(17)9-2-1-4-15-11(9)13-10(14-15)6-8-3-5-18-7-8/h8-9H,1-7H2,(H,16,17). The molecule has 1 saturated heterocycles. The molecule has 6 nitrogen and oxygen atoms in total. The predicted molar refractivity (Wildman–Crippen MR) is 62.3 cm³/mol. The number of carbonyl (C=O) groups is 1. The van der Waals surface area contributed by atoms with Crippen molar-refractivity contribution in [3.05, 3.63) is 11.6 Å². The SMILES string of the molecule is O=C(O)C1CCCn2nc(CC3CCOC3)nc21. The molecule has 98 valence electrons. The Balaban J connectivity index is 1.79. The first kappa shape index (κ1) is 11.6. The van der Waals surface area contributed by atoms with Crippen molar-refractivity contribution in [2.45, 2.75) is 38.1 Å². The van der Waals surface area contributed by atoms with Crippen LogP contribution in [0.4, 0.5) is 0 Å². The number of nitrogens with zero attached hydrogens (tertiary/aromatic N) is 3. The molecule has 0 aromatic carbocycles. The van der Waals surface area contributed by atoms with Gasteiger partial charge in [0.05, 0.1) is 0 Å². The van der Waals surface area contributed by atoms with Crippen molar-refractivity contribution in [1.29, 1.82) is 0 Å². The lowest BCUT2D eigenvalue weighted by Gasteiger charge is -2.17. The lowest BCUT2D eigenvalue weighted by molar-refractivity contribution is -0.139. The molecule has 1 aromatic heterocycles. The first-order chi connectivity index (χ1) is 8.74. The third-order valence-corrected chi connectivity index (χ3v) is 3.71. The molecule has 1 fully saturated rings. The molecular formula is C12H17N3O3. The van der Waals surface area contributed by atoms with Crippen LogP contribution in [0.15, 0.2) is 0 Å². The molecule has 6 heteroatoms. The second-order valence-corrected chi connectivity index (χ2v) is 5.08. The van der Waals surface area contributed by atoms with Gasteiger partial charge in [-0.05, 0) is 25.2 Å². The number of carboxylic acid groups (broad SMARTS) is 1. The van der Waals surface area contributed by atoms with Gasteiger partial charge in [-0.15, -0.1) is 0 Å². The van der Waals surface area contributed by atoms with Gasteiger partial charge < -0.3 is 9.84 Å². The fourth-order valence-corrected chi connectivity index (χ4v) is 2.72. The fraction of sp³-hybridized carbons (Fsp3) is 0.750. The lowest BCUT2D eigenvalue weighted by Crippen LogP contribution is -2.22. The Morgan fingerprint density at radius 2 is 2.39 bits per heavy atom. The molecule has 0 amide bonds. The minimum atomic E-state index is -0.793. The maximum absolute atomic E-state index is 11.2. The van der Waals surface area contributed by atoms with Crippen LogP contribution < -0.4 is 0 Å². The minimum absolute atomic E-state index is 0.484. The Morgan fingerprint density at radius 1 is 1.50 bits per heavy atom. The maximum Gasteiger partial charge on any atom is 0.314 e. The Bertz CT molecular complexity index is 451. The average molecular weight is 251 g/mol. The van der Waals surface area contributed by atoms with E-state index >= 15 is 0 Å². The number of hydrogen-bond donors (Lipinski definition) is 1. The van der Waals surface area contributed by atoms with Gasteiger partial charge in [0.15, 0.2) is 5.82 Å². The van der Waals surface area contributed by atoms with Crippen molar-refractivity contribution in [3.63, 3.8) is 0 Å². The van der Waals surface area contributed by atoms with Crippen LogP contribution in [0.1, 0.15) is 36.8 Å². The number of aromatic nitrogens is 3. The highest BCUT2D eigenvalue weighted by molar-refractivity contribution is 5.75. The van der Waals surface area contributed by atoms with Crippen molar-refractivity contribution in [2.75, 3.05) is 13.2 Å². The van der Waals surface area contributed by atoms with Gasteiger partial charge in [-0.3, -0.25) is 4.79 Å². The van der Waals surface area contributed by atoms with E-state index in [1.807, 2.05) is 0 Å². The zero-order chi connectivity index (χ0) is 12.5. The molecule has 2 atom stereocenters. The number of aryl methyl sites for hydroxylation is 1. The number of fused-ring (bicyclic) bond motifs is 1. The number of rotatable bonds is 3. The van der Waals surface area contributed by atoms with Crippen LogP contribution in [0.5, 0.6) is 0 Å². The van der Waals surface area contributed by atoms with Crippen LogP contribution in [0, 0.1) is 5.92 Å². The van der Waals surface area contributed by atoms with Gasteiger partial charge in [0.25, 0.3) is 0 Å². The highest BCUT2D eigenvalue weighted by atomic mass is 16.5. The smallest absolute Gasteiger partial charge is 0.314 e. The predicted octanol–water partition coefficient (Wildman–Crippen LogP) is 0.819. The second kappa shape index (κ2) is 4.68. The molecule has 0 saturated carbocycles. The maximum atomic E-state index is 11.2. The van der Waals surface area contributed by atoms with E-state index in [0.29, 0.717) is 18.2 Å². The Kier molecular flexibility index (Phi) is 3.03. The van der Waals surface area contributed by atoms with Crippen LogP contribution in [-0.4, -0.2) is 39.1 Å². The van der Waals surface area contributed by atoms with Gasteiger partial charge in [0.2, 0.25) is 0 Å². The van der Waals surface area contributed by atoms with Crippen molar-refractivity contribution in [2.24, 2.45) is 5.92 Å². The van der Waals surface area contributed by atoms with Crippen LogP contribution in [-0.2, 0) is 22.5 Å². The first-order valence-electron chi connectivity index (χ1n) is 6.48. The van der Waals surface area contributed by atoms with Gasteiger partial charge >= 0.3 is 5.97 Å². The van der Waals surface area contributed by atoms with Crippen molar-refractivity contribution < 1.29 is 14.6 Å². The first-order valence-corrected chi connectivity index (χ1v) is 6.48. The molecule has 0 radical (unpaired) electrons. The van der Waals surface area contributed by atoms with Gasteiger partial charge in [0.1, 0.15) is 11.7 Å². The molecular weight excluding hydrogens is 234 g/mol. The third kappa shape index (κ3) is 2.12. The van der Waals surface area contributed by atoms with Gasteiger partial charge in [-0.2, -0.15) is 5.10 Å². The summed E-state index contributed by atoms with van der Waals surface area (Å²) < 4.78 is 7.11. The van der Waals surface area contributed by atoms with Crippen molar-refractivity contribution >= 4 is 5.97 Å². The molecule has 18 heavy (non-hydrogen) atoms. The summed E-state index contributed by atoms with van der Waals surface area (Å²) in [6, 6.07) is 0. The molecule has 0 spiro atoms. The molecule has 1 N–H and O–H groups in total. The molecule has 0 aliphatic carbocycles. The topological polar surface area (TPSA) is 77.2 Å². The number of carboxylic acids is 1. The summed E-state index contributed by atoms with van der Waals surface area (Å²) in [5.41, 5.74) is 0. The van der Waals surface area contributed by atoms with Crippen LogP contribution in [0.3, 0.4) is 0 Å². The fourth-order valence-electron chi connectivity index (χ4n) is 2.72. The summed E-state index contributed by atoms with van der Waals surface area (Å²) in [6.45, 7) is 2.37. The van der Waals surface area contributed by atoms with E-state index in [1.165, 1.54) is 0 Å². The van der Waals surface area contributed by atoms with E-state index in [-0.39, 0.29) is 0 Å². The van der Waals surface area contributed by atoms with Crippen molar-refractivity contribution in [3.8, 4) is 0 Å². The van der Waals surface area contributed by atoms with E-state index < -0.39 is 11.9 Å². The van der Waals surface area contributed by atoms with E-state index in [9.17, 15) is 9.90 Å². The number of aliphatic carboxylic acids is 1. The third-order valence-electron chi connectivity index (χ3n) is 3.71. The zero-order valence-electron chi connectivity index (χ0n) is 10.2. The van der Waals surface area contributed by atoms with E-state index in [4.69, 9.17) is 4.74 Å². The quantitative estimate of drug-likeness (QED) is 0.860. The minimum Gasteiger partial charge on any atom is -0.481 e. The normalized spacial score (nSPS) is 27.1. The summed E-state index contributed by atoms with van der Waals surface area (Å²) in [4.78, 5) is 15.6. The van der Waals surface area contributed by atoms with E-state index in [1.54, 1.807) is 4.68 Å². The summed E-state index contributed by atoms with van der Waals surface area (Å²) in [5, 5.41) is 13.6. The van der Waals surface area contributed by atoms with Crippen LogP contribution in [0.2, 0.25) is 0 Å². The second-order valence-electron chi connectivity index (χ2n) is 5.08. The van der Waals surface area contributed by atoms with E-state index in [2.05, 4.69) is 10.1 Å². The Morgan fingerprint density at radius 3 is 3.11 bits per heavy atom. The summed E-state index contributed by atoms with van der Waals surface area (Å²) in [5.74, 6) is 0.605. The van der Waals surface area contributed by atoms with Gasteiger partial charge in [0, 0.05) is 26.2 Å². The van der Waals surface area contributed by atoms with Gasteiger partial charge in [-0.25, -0.2) is 9.67 Å². The number of ether oxygens (including phenoxy) is 1.